The molecule has 1 aromatic carbocycles. The minimum absolute atomic E-state index is 0.00772. The Labute approximate surface area is 131 Å². The number of benzene rings is 1. The fourth-order valence-corrected chi connectivity index (χ4v) is 3.29. The lowest BCUT2D eigenvalue weighted by Crippen LogP contribution is -2.29. The Morgan fingerprint density at radius 1 is 1.25 bits per heavy atom. The van der Waals surface area contributed by atoms with Crippen LogP contribution < -0.4 is 10.6 Å². The number of carbonyl (C=O) groups excluding carboxylic acids is 1. The van der Waals surface area contributed by atoms with Gasteiger partial charge in [0.05, 0.1) is 10.3 Å². The standard InChI is InChI=1S/C15H17BrN2OS/c1-11-4-2-3-5-13(11)18-15(19)10-17-9-8-12-6-7-14(16)20-12/h2-7,17H,8-10H2,1H3,(H,18,19). The maximum atomic E-state index is 11.8. The van der Waals surface area contributed by atoms with Crippen molar-refractivity contribution in [1.82, 2.24) is 5.32 Å². The second-order valence-corrected chi connectivity index (χ2v) is 7.04. The first-order valence-corrected chi connectivity index (χ1v) is 8.06. The van der Waals surface area contributed by atoms with Crippen molar-refractivity contribution < 1.29 is 4.79 Å². The molecule has 2 aromatic rings. The number of anilines is 1. The molecule has 0 aliphatic rings. The van der Waals surface area contributed by atoms with Crippen LogP contribution in [0.2, 0.25) is 0 Å². The van der Waals surface area contributed by atoms with E-state index in [4.69, 9.17) is 0 Å². The number of carbonyl (C=O) groups is 1. The summed E-state index contributed by atoms with van der Waals surface area (Å²) in [6.45, 7) is 3.12. The molecule has 0 bridgehead atoms. The van der Waals surface area contributed by atoms with Gasteiger partial charge in [-0.25, -0.2) is 0 Å². The number of thiophene rings is 1. The topological polar surface area (TPSA) is 41.1 Å². The van der Waals surface area contributed by atoms with E-state index in [0.717, 1.165) is 28.0 Å². The summed E-state index contributed by atoms with van der Waals surface area (Å²) in [6, 6.07) is 11.9. The van der Waals surface area contributed by atoms with E-state index in [-0.39, 0.29) is 5.91 Å². The lowest BCUT2D eigenvalue weighted by Gasteiger charge is -2.08. The van der Waals surface area contributed by atoms with Gasteiger partial charge in [0.25, 0.3) is 0 Å². The van der Waals surface area contributed by atoms with Gasteiger partial charge >= 0.3 is 0 Å². The molecule has 0 aliphatic heterocycles. The van der Waals surface area contributed by atoms with Gasteiger partial charge in [-0.15, -0.1) is 11.3 Å². The number of hydrogen-bond donors (Lipinski definition) is 2. The number of aryl methyl sites for hydroxylation is 1. The molecule has 1 heterocycles. The molecule has 3 nitrogen and oxygen atoms in total. The molecule has 1 aromatic heterocycles. The summed E-state index contributed by atoms with van der Waals surface area (Å²) in [6.07, 6.45) is 0.938. The van der Waals surface area contributed by atoms with Gasteiger partial charge < -0.3 is 10.6 Å². The van der Waals surface area contributed by atoms with Gasteiger partial charge in [-0.3, -0.25) is 4.79 Å². The van der Waals surface area contributed by atoms with Crippen molar-refractivity contribution in [3.05, 3.63) is 50.6 Å². The Kier molecular flexibility index (Phi) is 5.76. The van der Waals surface area contributed by atoms with Crippen LogP contribution in [0.15, 0.2) is 40.2 Å². The van der Waals surface area contributed by atoms with Gasteiger partial charge in [0, 0.05) is 17.1 Å². The molecule has 0 saturated heterocycles. The fourth-order valence-electron chi connectivity index (χ4n) is 1.81. The zero-order valence-corrected chi connectivity index (χ0v) is 13.7. The summed E-state index contributed by atoms with van der Waals surface area (Å²) in [7, 11) is 0. The highest BCUT2D eigenvalue weighted by Gasteiger charge is 2.04. The van der Waals surface area contributed by atoms with Crippen LogP contribution in [0.25, 0.3) is 0 Å². The van der Waals surface area contributed by atoms with Crippen molar-refractivity contribution in [2.45, 2.75) is 13.3 Å². The van der Waals surface area contributed by atoms with Gasteiger partial charge in [-0.1, -0.05) is 18.2 Å². The van der Waals surface area contributed by atoms with E-state index in [0.29, 0.717) is 6.54 Å². The molecule has 0 atom stereocenters. The van der Waals surface area contributed by atoms with Gasteiger partial charge in [-0.05, 0) is 53.0 Å². The van der Waals surface area contributed by atoms with E-state index in [1.165, 1.54) is 4.88 Å². The molecule has 0 aliphatic carbocycles. The summed E-state index contributed by atoms with van der Waals surface area (Å²) < 4.78 is 1.14. The van der Waals surface area contributed by atoms with Crippen LogP contribution >= 0.6 is 27.3 Å². The number of para-hydroxylation sites is 1. The molecule has 1 amide bonds. The van der Waals surface area contributed by atoms with Crippen molar-refractivity contribution >= 4 is 38.9 Å². The molecule has 106 valence electrons. The van der Waals surface area contributed by atoms with Crippen LogP contribution in [0.5, 0.6) is 0 Å². The van der Waals surface area contributed by atoms with E-state index in [1.54, 1.807) is 11.3 Å². The Hall–Kier alpha value is -1.17. The average Bonchev–Trinajstić information content (AvgIpc) is 2.83. The molecular formula is C15H17BrN2OS. The average molecular weight is 353 g/mol. The summed E-state index contributed by atoms with van der Waals surface area (Å²) in [5.74, 6) is -0.00772. The Bertz CT molecular complexity index is 583. The zero-order valence-electron chi connectivity index (χ0n) is 11.3. The normalized spacial score (nSPS) is 10.5. The first-order chi connectivity index (χ1) is 9.65. The summed E-state index contributed by atoms with van der Waals surface area (Å²) in [4.78, 5) is 13.1. The Morgan fingerprint density at radius 3 is 2.75 bits per heavy atom. The number of hydrogen-bond acceptors (Lipinski definition) is 3. The number of rotatable bonds is 6. The van der Waals surface area contributed by atoms with Crippen LogP contribution in [0, 0.1) is 6.92 Å². The van der Waals surface area contributed by atoms with Crippen molar-refractivity contribution in [3.63, 3.8) is 0 Å². The highest BCUT2D eigenvalue weighted by Crippen LogP contribution is 2.22. The molecule has 20 heavy (non-hydrogen) atoms. The summed E-state index contributed by atoms with van der Waals surface area (Å²) in [5, 5.41) is 6.07. The molecule has 5 heteroatoms. The number of halogens is 1. The first kappa shape index (κ1) is 15.2. The third-order valence-corrected chi connectivity index (χ3v) is 4.57. The molecule has 2 rings (SSSR count). The number of nitrogens with one attached hydrogen (secondary N) is 2. The minimum Gasteiger partial charge on any atom is -0.325 e. The zero-order chi connectivity index (χ0) is 14.4. The van der Waals surface area contributed by atoms with E-state index in [9.17, 15) is 4.79 Å². The van der Waals surface area contributed by atoms with Crippen LogP contribution in [0.4, 0.5) is 5.69 Å². The molecule has 0 fully saturated rings. The van der Waals surface area contributed by atoms with Gasteiger partial charge in [0.2, 0.25) is 5.91 Å². The monoisotopic (exact) mass is 352 g/mol. The molecule has 0 spiro atoms. The Balaban J connectivity index is 1.69. The fraction of sp³-hybridized carbons (Fsp3) is 0.267. The van der Waals surface area contributed by atoms with Crippen molar-refractivity contribution in [1.29, 1.82) is 0 Å². The van der Waals surface area contributed by atoms with E-state index in [1.807, 2.05) is 37.3 Å². The number of amides is 1. The lowest BCUT2D eigenvalue weighted by molar-refractivity contribution is -0.115. The maximum absolute atomic E-state index is 11.8. The second-order valence-electron chi connectivity index (χ2n) is 4.50. The molecule has 0 radical (unpaired) electrons. The van der Waals surface area contributed by atoms with E-state index < -0.39 is 0 Å². The summed E-state index contributed by atoms with van der Waals surface area (Å²) in [5.41, 5.74) is 1.95. The highest BCUT2D eigenvalue weighted by atomic mass is 79.9. The van der Waals surface area contributed by atoms with Crippen molar-refractivity contribution in [2.75, 3.05) is 18.4 Å². The third kappa shape index (κ3) is 4.74. The van der Waals surface area contributed by atoms with Gasteiger partial charge in [0.15, 0.2) is 0 Å². The predicted octanol–water partition coefficient (Wildman–Crippen LogP) is 3.59. The maximum Gasteiger partial charge on any atom is 0.238 e. The van der Waals surface area contributed by atoms with E-state index >= 15 is 0 Å². The smallest absolute Gasteiger partial charge is 0.238 e. The van der Waals surface area contributed by atoms with Crippen LogP contribution in [-0.2, 0) is 11.2 Å². The first-order valence-electron chi connectivity index (χ1n) is 6.45. The van der Waals surface area contributed by atoms with Crippen molar-refractivity contribution in [3.8, 4) is 0 Å². The SMILES string of the molecule is Cc1ccccc1NC(=O)CNCCc1ccc(Br)s1. The molecule has 0 unspecified atom stereocenters. The molecular weight excluding hydrogens is 336 g/mol. The third-order valence-electron chi connectivity index (χ3n) is 2.88. The second kappa shape index (κ2) is 7.57. The molecule has 0 saturated carbocycles. The lowest BCUT2D eigenvalue weighted by atomic mass is 10.2. The van der Waals surface area contributed by atoms with Crippen molar-refractivity contribution in [2.24, 2.45) is 0 Å². The van der Waals surface area contributed by atoms with Crippen LogP contribution in [0.3, 0.4) is 0 Å². The quantitative estimate of drug-likeness (QED) is 0.780. The minimum atomic E-state index is -0.00772. The summed E-state index contributed by atoms with van der Waals surface area (Å²) >= 11 is 5.17. The van der Waals surface area contributed by atoms with E-state index in [2.05, 4.69) is 32.6 Å². The highest BCUT2D eigenvalue weighted by molar-refractivity contribution is 9.11. The predicted molar refractivity (Wildman–Crippen MR) is 88.4 cm³/mol. The molecule has 2 N–H and O–H groups in total. The largest absolute Gasteiger partial charge is 0.325 e. The Morgan fingerprint density at radius 2 is 2.05 bits per heavy atom. The van der Waals surface area contributed by atoms with Gasteiger partial charge in [-0.2, -0.15) is 0 Å². The van der Waals surface area contributed by atoms with Crippen LogP contribution in [0.1, 0.15) is 10.4 Å². The van der Waals surface area contributed by atoms with Gasteiger partial charge in [0.1, 0.15) is 0 Å². The van der Waals surface area contributed by atoms with Crippen LogP contribution in [-0.4, -0.2) is 19.0 Å².